The summed E-state index contributed by atoms with van der Waals surface area (Å²) in [7, 11) is 0. The molecular weight excluding hydrogens is 192 g/mol. The molecule has 16 heavy (non-hydrogen) atoms. The van der Waals surface area contributed by atoms with E-state index in [9.17, 15) is 0 Å². The predicted octanol–water partition coefficient (Wildman–Crippen LogP) is 4.90. The van der Waals surface area contributed by atoms with Crippen molar-refractivity contribution >= 4 is 0 Å². The van der Waals surface area contributed by atoms with E-state index in [0.717, 1.165) is 6.42 Å². The lowest BCUT2D eigenvalue weighted by atomic mass is 9.97. The maximum atomic E-state index is 3.75. The topological polar surface area (TPSA) is 0 Å². The number of hydrogen-bond acceptors (Lipinski definition) is 0. The molecule has 0 aromatic heterocycles. The Hall–Kier alpha value is -1.04. The van der Waals surface area contributed by atoms with Crippen LogP contribution in [-0.4, -0.2) is 0 Å². The van der Waals surface area contributed by atoms with Crippen molar-refractivity contribution in [2.24, 2.45) is 0 Å². The van der Waals surface area contributed by atoms with Gasteiger partial charge in [-0.25, -0.2) is 0 Å². The van der Waals surface area contributed by atoms with Gasteiger partial charge in [0.15, 0.2) is 0 Å². The summed E-state index contributed by atoms with van der Waals surface area (Å²) in [4.78, 5) is 0. The first-order chi connectivity index (χ1) is 7.65. The Bertz CT molecular complexity index is 324. The molecule has 0 nitrogen and oxygen atoms in total. The highest BCUT2D eigenvalue weighted by Gasteiger charge is 2.00. The lowest BCUT2D eigenvalue weighted by Crippen LogP contribution is -1.92. The van der Waals surface area contributed by atoms with Crippen LogP contribution in [-0.2, 0) is 6.42 Å². The highest BCUT2D eigenvalue weighted by Crippen LogP contribution is 2.17. The van der Waals surface area contributed by atoms with Gasteiger partial charge >= 0.3 is 0 Å². The number of allylic oxidation sites excluding steroid dienone is 1. The molecule has 1 rings (SSSR count). The van der Waals surface area contributed by atoms with Gasteiger partial charge in [-0.2, -0.15) is 0 Å². The maximum absolute atomic E-state index is 3.75. The molecule has 0 amide bonds. The van der Waals surface area contributed by atoms with Crippen LogP contribution >= 0.6 is 0 Å². The van der Waals surface area contributed by atoms with Gasteiger partial charge in [0.1, 0.15) is 0 Å². The van der Waals surface area contributed by atoms with Crippen LogP contribution in [0.25, 0.3) is 0 Å². The third-order valence-electron chi connectivity index (χ3n) is 3.36. The summed E-state index contributed by atoms with van der Waals surface area (Å²) in [6.45, 7) is 10.4. The SMILES string of the molecule is C=CCCCCCc1cc(C)c(C)c(C)c1. The second kappa shape index (κ2) is 6.52. The van der Waals surface area contributed by atoms with Crippen molar-refractivity contribution in [3.8, 4) is 0 Å². The van der Waals surface area contributed by atoms with E-state index in [-0.39, 0.29) is 0 Å². The van der Waals surface area contributed by atoms with Gasteiger partial charge in [0.25, 0.3) is 0 Å². The second-order valence-corrected chi connectivity index (χ2v) is 4.74. The van der Waals surface area contributed by atoms with Gasteiger partial charge in [-0.1, -0.05) is 24.6 Å². The molecule has 0 radical (unpaired) electrons. The monoisotopic (exact) mass is 216 g/mol. The molecule has 0 aliphatic heterocycles. The summed E-state index contributed by atoms with van der Waals surface area (Å²) in [5.74, 6) is 0. The number of hydrogen-bond donors (Lipinski definition) is 0. The molecule has 0 heteroatoms. The van der Waals surface area contributed by atoms with Crippen LogP contribution in [0, 0.1) is 20.8 Å². The zero-order valence-corrected chi connectivity index (χ0v) is 11.0. The minimum atomic E-state index is 1.16. The first kappa shape index (κ1) is 13.0. The van der Waals surface area contributed by atoms with Crippen molar-refractivity contribution in [1.29, 1.82) is 0 Å². The molecule has 0 unspecified atom stereocenters. The summed E-state index contributed by atoms with van der Waals surface area (Å²) in [6, 6.07) is 4.69. The summed E-state index contributed by atoms with van der Waals surface area (Å²) >= 11 is 0. The van der Waals surface area contributed by atoms with Gasteiger partial charge < -0.3 is 0 Å². The van der Waals surface area contributed by atoms with Crippen LogP contribution in [0.15, 0.2) is 24.8 Å². The number of aryl methyl sites for hydroxylation is 3. The fourth-order valence-electron chi connectivity index (χ4n) is 2.06. The Morgan fingerprint density at radius 2 is 1.62 bits per heavy atom. The molecule has 0 bridgehead atoms. The van der Waals surface area contributed by atoms with E-state index < -0.39 is 0 Å². The Morgan fingerprint density at radius 3 is 2.19 bits per heavy atom. The summed E-state index contributed by atoms with van der Waals surface area (Å²) < 4.78 is 0. The van der Waals surface area contributed by atoms with E-state index in [2.05, 4.69) is 39.5 Å². The van der Waals surface area contributed by atoms with Gasteiger partial charge in [0, 0.05) is 0 Å². The molecule has 0 heterocycles. The molecule has 1 aromatic rings. The standard InChI is InChI=1S/C16H24/c1-5-6-7-8-9-10-16-11-13(2)15(4)14(3)12-16/h5,11-12H,1,6-10H2,2-4H3. The van der Waals surface area contributed by atoms with Crippen LogP contribution in [0.2, 0.25) is 0 Å². The largest absolute Gasteiger partial charge is 0.103 e. The van der Waals surface area contributed by atoms with E-state index >= 15 is 0 Å². The molecule has 0 saturated carbocycles. The van der Waals surface area contributed by atoms with Crippen LogP contribution in [0.5, 0.6) is 0 Å². The van der Waals surface area contributed by atoms with E-state index in [1.165, 1.54) is 47.9 Å². The number of rotatable bonds is 6. The minimum absolute atomic E-state index is 1.16. The van der Waals surface area contributed by atoms with Crippen LogP contribution < -0.4 is 0 Å². The lowest BCUT2D eigenvalue weighted by Gasteiger charge is -2.08. The highest BCUT2D eigenvalue weighted by atomic mass is 14.1. The van der Waals surface area contributed by atoms with E-state index in [1.807, 2.05) is 6.08 Å². The number of benzene rings is 1. The third-order valence-corrected chi connectivity index (χ3v) is 3.36. The van der Waals surface area contributed by atoms with Gasteiger partial charge in [0.2, 0.25) is 0 Å². The van der Waals surface area contributed by atoms with Crippen molar-refractivity contribution in [2.75, 3.05) is 0 Å². The maximum Gasteiger partial charge on any atom is -0.0279 e. The molecule has 0 spiro atoms. The van der Waals surface area contributed by atoms with E-state index in [1.54, 1.807) is 0 Å². The van der Waals surface area contributed by atoms with Gasteiger partial charge in [-0.15, -0.1) is 6.58 Å². The Kier molecular flexibility index (Phi) is 5.31. The predicted molar refractivity (Wildman–Crippen MR) is 73.0 cm³/mol. The second-order valence-electron chi connectivity index (χ2n) is 4.74. The highest BCUT2D eigenvalue weighted by molar-refractivity contribution is 5.36. The van der Waals surface area contributed by atoms with Crippen LogP contribution in [0.1, 0.15) is 47.9 Å². The smallest absolute Gasteiger partial charge is 0.0279 e. The third kappa shape index (κ3) is 3.84. The summed E-state index contributed by atoms with van der Waals surface area (Å²) in [5.41, 5.74) is 5.80. The molecule has 1 aromatic carbocycles. The van der Waals surface area contributed by atoms with Crippen molar-refractivity contribution in [1.82, 2.24) is 0 Å². The van der Waals surface area contributed by atoms with E-state index in [4.69, 9.17) is 0 Å². The van der Waals surface area contributed by atoms with Crippen molar-refractivity contribution < 1.29 is 0 Å². The Balaban J connectivity index is 2.45. The molecule has 0 atom stereocenters. The normalized spacial score (nSPS) is 10.4. The average molecular weight is 216 g/mol. The average Bonchev–Trinajstić information content (AvgIpc) is 2.25. The summed E-state index contributed by atoms with van der Waals surface area (Å²) in [6.07, 6.45) is 8.30. The molecular formula is C16H24. The molecule has 88 valence electrons. The van der Waals surface area contributed by atoms with Gasteiger partial charge in [0.05, 0.1) is 0 Å². The molecule has 0 saturated heterocycles. The Labute approximate surface area is 100 Å². The van der Waals surface area contributed by atoms with Gasteiger partial charge in [-0.05, 0) is 68.7 Å². The zero-order valence-electron chi connectivity index (χ0n) is 11.0. The number of unbranched alkanes of at least 4 members (excludes halogenated alkanes) is 3. The van der Waals surface area contributed by atoms with Gasteiger partial charge in [-0.3, -0.25) is 0 Å². The Morgan fingerprint density at radius 1 is 1.00 bits per heavy atom. The molecule has 0 aliphatic rings. The van der Waals surface area contributed by atoms with Crippen molar-refractivity contribution in [3.05, 3.63) is 47.0 Å². The first-order valence-corrected chi connectivity index (χ1v) is 6.32. The quantitative estimate of drug-likeness (QED) is 0.468. The fourth-order valence-corrected chi connectivity index (χ4v) is 2.06. The lowest BCUT2D eigenvalue weighted by molar-refractivity contribution is 0.687. The minimum Gasteiger partial charge on any atom is -0.103 e. The molecule has 0 N–H and O–H groups in total. The fraction of sp³-hybridized carbons (Fsp3) is 0.500. The summed E-state index contributed by atoms with van der Waals surface area (Å²) in [5, 5.41) is 0. The first-order valence-electron chi connectivity index (χ1n) is 6.32. The molecule has 0 aliphatic carbocycles. The van der Waals surface area contributed by atoms with Crippen LogP contribution in [0.3, 0.4) is 0 Å². The van der Waals surface area contributed by atoms with Crippen molar-refractivity contribution in [2.45, 2.75) is 52.9 Å². The van der Waals surface area contributed by atoms with Crippen molar-refractivity contribution in [3.63, 3.8) is 0 Å². The molecule has 0 fully saturated rings. The van der Waals surface area contributed by atoms with E-state index in [0.29, 0.717) is 0 Å². The van der Waals surface area contributed by atoms with Crippen LogP contribution in [0.4, 0.5) is 0 Å². The zero-order chi connectivity index (χ0) is 12.0.